The zero-order valence-corrected chi connectivity index (χ0v) is 12.4. The van der Waals surface area contributed by atoms with Crippen LogP contribution in [0.15, 0.2) is 18.2 Å². The van der Waals surface area contributed by atoms with Crippen LogP contribution < -0.4 is 10.5 Å². The molecule has 0 aliphatic rings. The van der Waals surface area contributed by atoms with Crippen molar-refractivity contribution in [3.8, 4) is 5.75 Å². The highest BCUT2D eigenvalue weighted by Crippen LogP contribution is 2.27. The summed E-state index contributed by atoms with van der Waals surface area (Å²) < 4.78 is 7.27. The lowest BCUT2D eigenvalue weighted by atomic mass is 10.2. The van der Waals surface area contributed by atoms with E-state index in [1.54, 1.807) is 7.11 Å². The molecule has 0 aliphatic carbocycles. The number of nitrogens with two attached hydrogens (primary N) is 1. The summed E-state index contributed by atoms with van der Waals surface area (Å²) in [6.07, 6.45) is 0.902. The van der Waals surface area contributed by atoms with Crippen LogP contribution in [0.25, 0.3) is 11.0 Å². The fourth-order valence-corrected chi connectivity index (χ4v) is 2.55. The number of alkyl halides is 1. The van der Waals surface area contributed by atoms with E-state index in [1.165, 1.54) is 0 Å². The average Bonchev–Trinajstić information content (AvgIpc) is 2.75. The zero-order valence-electron chi connectivity index (χ0n) is 11.6. The summed E-state index contributed by atoms with van der Waals surface area (Å²) in [4.78, 5) is 15.7. The molecule has 1 heterocycles. The first-order chi connectivity index (χ1) is 9.56. The maximum absolute atomic E-state index is 11.2. The number of hydrogen-bond acceptors (Lipinski definition) is 3. The summed E-state index contributed by atoms with van der Waals surface area (Å²) in [5.41, 5.74) is 7.09. The number of hydrogen-bond donors (Lipinski definition) is 1. The number of amides is 1. The SMILES string of the molecule is COc1ccc2nc(CCCl)n(C(C)CC(N)=O)c2c1. The van der Waals surface area contributed by atoms with Crippen molar-refractivity contribution >= 4 is 28.5 Å². The molecule has 0 saturated heterocycles. The molecule has 1 aromatic heterocycles. The second kappa shape index (κ2) is 6.13. The highest BCUT2D eigenvalue weighted by Gasteiger charge is 2.17. The number of carbonyl (C=O) groups excluding carboxylic acids is 1. The third-order valence-electron chi connectivity index (χ3n) is 3.23. The molecule has 2 N–H and O–H groups in total. The number of rotatable bonds is 6. The van der Waals surface area contributed by atoms with Crippen LogP contribution in [0.5, 0.6) is 5.75 Å². The first-order valence-corrected chi connectivity index (χ1v) is 6.99. The van der Waals surface area contributed by atoms with E-state index in [4.69, 9.17) is 22.1 Å². The summed E-state index contributed by atoms with van der Waals surface area (Å²) in [5.74, 6) is 1.75. The molecule has 0 aliphatic heterocycles. The topological polar surface area (TPSA) is 70.1 Å². The van der Waals surface area contributed by atoms with Crippen molar-refractivity contribution < 1.29 is 9.53 Å². The number of ether oxygens (including phenoxy) is 1. The predicted molar refractivity (Wildman–Crippen MR) is 79.2 cm³/mol. The molecule has 6 heteroatoms. The first-order valence-electron chi connectivity index (χ1n) is 6.46. The van der Waals surface area contributed by atoms with Crippen molar-refractivity contribution in [1.29, 1.82) is 0 Å². The quantitative estimate of drug-likeness (QED) is 0.831. The molecule has 1 amide bonds. The van der Waals surface area contributed by atoms with Crippen LogP contribution in [-0.4, -0.2) is 28.4 Å². The van der Waals surface area contributed by atoms with Crippen LogP contribution in [0.3, 0.4) is 0 Å². The largest absolute Gasteiger partial charge is 0.497 e. The number of aryl methyl sites for hydroxylation is 1. The van der Waals surface area contributed by atoms with Gasteiger partial charge in [0.25, 0.3) is 0 Å². The summed E-state index contributed by atoms with van der Waals surface area (Å²) in [6, 6.07) is 5.61. The van der Waals surface area contributed by atoms with Gasteiger partial charge in [0.2, 0.25) is 5.91 Å². The van der Waals surface area contributed by atoms with Gasteiger partial charge in [0, 0.05) is 30.8 Å². The third kappa shape index (κ3) is 2.88. The number of primary amides is 1. The fourth-order valence-electron chi connectivity index (χ4n) is 2.38. The molecule has 20 heavy (non-hydrogen) atoms. The van der Waals surface area contributed by atoms with Crippen molar-refractivity contribution in [2.45, 2.75) is 25.8 Å². The Morgan fingerprint density at radius 2 is 2.30 bits per heavy atom. The van der Waals surface area contributed by atoms with E-state index in [9.17, 15) is 4.79 Å². The van der Waals surface area contributed by atoms with Gasteiger partial charge in [0.1, 0.15) is 11.6 Å². The smallest absolute Gasteiger partial charge is 0.219 e. The Balaban J connectivity index is 2.56. The number of carbonyl (C=O) groups is 1. The van der Waals surface area contributed by atoms with Crippen molar-refractivity contribution in [1.82, 2.24) is 9.55 Å². The van der Waals surface area contributed by atoms with E-state index in [-0.39, 0.29) is 18.4 Å². The van der Waals surface area contributed by atoms with Gasteiger partial charge in [-0.2, -0.15) is 0 Å². The highest BCUT2D eigenvalue weighted by atomic mass is 35.5. The number of nitrogens with zero attached hydrogens (tertiary/aromatic N) is 2. The second-order valence-corrected chi connectivity index (χ2v) is 5.09. The zero-order chi connectivity index (χ0) is 14.7. The monoisotopic (exact) mass is 295 g/mol. The molecule has 1 aromatic carbocycles. The van der Waals surface area contributed by atoms with Crippen LogP contribution in [-0.2, 0) is 11.2 Å². The Morgan fingerprint density at radius 1 is 1.55 bits per heavy atom. The van der Waals surface area contributed by atoms with E-state index < -0.39 is 0 Å². The predicted octanol–water partition coefficient (Wildman–Crippen LogP) is 2.26. The lowest BCUT2D eigenvalue weighted by Gasteiger charge is -2.16. The van der Waals surface area contributed by atoms with Crippen LogP contribution in [0.4, 0.5) is 0 Å². The Labute approximate surface area is 122 Å². The maximum Gasteiger partial charge on any atom is 0.219 e. The minimum atomic E-state index is -0.334. The van der Waals surface area contributed by atoms with Gasteiger partial charge in [-0.25, -0.2) is 4.98 Å². The van der Waals surface area contributed by atoms with Gasteiger partial charge in [-0.15, -0.1) is 11.6 Å². The number of fused-ring (bicyclic) bond motifs is 1. The Kier molecular flexibility index (Phi) is 4.49. The van der Waals surface area contributed by atoms with E-state index in [1.807, 2.05) is 29.7 Å². The van der Waals surface area contributed by atoms with Crippen LogP contribution >= 0.6 is 11.6 Å². The van der Waals surface area contributed by atoms with Crippen molar-refractivity contribution in [2.24, 2.45) is 5.73 Å². The van der Waals surface area contributed by atoms with Crippen LogP contribution in [0, 0.1) is 0 Å². The highest BCUT2D eigenvalue weighted by molar-refractivity contribution is 6.17. The van der Waals surface area contributed by atoms with E-state index in [0.29, 0.717) is 12.3 Å². The van der Waals surface area contributed by atoms with Gasteiger partial charge in [0.15, 0.2) is 0 Å². The standard InChI is InChI=1S/C14H18ClN3O2/c1-9(7-13(16)19)18-12-8-10(20-2)3-4-11(12)17-14(18)5-6-15/h3-4,8-9H,5-7H2,1-2H3,(H2,16,19). The Hall–Kier alpha value is -1.75. The summed E-state index contributed by atoms with van der Waals surface area (Å²) in [5, 5.41) is 0. The summed E-state index contributed by atoms with van der Waals surface area (Å²) in [7, 11) is 1.62. The van der Waals surface area contributed by atoms with E-state index in [0.717, 1.165) is 22.6 Å². The van der Waals surface area contributed by atoms with E-state index in [2.05, 4.69) is 4.98 Å². The molecule has 0 bridgehead atoms. The number of methoxy groups -OCH3 is 1. The molecule has 1 unspecified atom stereocenters. The normalized spacial score (nSPS) is 12.6. The van der Waals surface area contributed by atoms with Gasteiger partial charge in [-0.05, 0) is 19.1 Å². The average molecular weight is 296 g/mol. The molecule has 1 atom stereocenters. The van der Waals surface area contributed by atoms with Gasteiger partial charge in [0.05, 0.1) is 18.1 Å². The molecular formula is C14H18ClN3O2. The van der Waals surface area contributed by atoms with Gasteiger partial charge >= 0.3 is 0 Å². The molecule has 0 radical (unpaired) electrons. The number of aromatic nitrogens is 2. The minimum absolute atomic E-state index is 0.0668. The Bertz CT molecular complexity index is 624. The maximum atomic E-state index is 11.2. The van der Waals surface area contributed by atoms with Gasteiger partial charge < -0.3 is 15.0 Å². The molecule has 5 nitrogen and oxygen atoms in total. The fraction of sp³-hybridized carbons (Fsp3) is 0.429. The van der Waals surface area contributed by atoms with Crippen LogP contribution in [0.2, 0.25) is 0 Å². The first kappa shape index (κ1) is 14.7. The number of halogens is 1. The van der Waals surface area contributed by atoms with Crippen LogP contribution in [0.1, 0.15) is 25.2 Å². The van der Waals surface area contributed by atoms with Gasteiger partial charge in [-0.1, -0.05) is 0 Å². The van der Waals surface area contributed by atoms with Crippen molar-refractivity contribution in [3.63, 3.8) is 0 Å². The minimum Gasteiger partial charge on any atom is -0.497 e. The molecular weight excluding hydrogens is 278 g/mol. The molecule has 108 valence electrons. The van der Waals surface area contributed by atoms with Crippen molar-refractivity contribution in [3.05, 3.63) is 24.0 Å². The van der Waals surface area contributed by atoms with Crippen molar-refractivity contribution in [2.75, 3.05) is 13.0 Å². The molecule has 0 fully saturated rings. The summed E-state index contributed by atoms with van der Waals surface area (Å²) >= 11 is 5.83. The molecule has 0 spiro atoms. The molecule has 0 saturated carbocycles. The number of benzene rings is 1. The lowest BCUT2D eigenvalue weighted by molar-refractivity contribution is -0.118. The van der Waals surface area contributed by atoms with E-state index >= 15 is 0 Å². The Morgan fingerprint density at radius 3 is 2.90 bits per heavy atom. The molecule has 2 rings (SSSR count). The second-order valence-electron chi connectivity index (χ2n) is 4.71. The van der Waals surface area contributed by atoms with Gasteiger partial charge in [-0.3, -0.25) is 4.79 Å². The summed E-state index contributed by atoms with van der Waals surface area (Å²) in [6.45, 7) is 1.95. The lowest BCUT2D eigenvalue weighted by Crippen LogP contribution is -2.19. The third-order valence-corrected chi connectivity index (χ3v) is 3.41. The number of imidazole rings is 1. The molecule has 2 aromatic rings.